The van der Waals surface area contributed by atoms with E-state index in [1.54, 1.807) is 0 Å². The average molecular weight is 422 g/mol. The number of ether oxygens (including phenoxy) is 1. The van der Waals surface area contributed by atoms with Crippen LogP contribution in [0.25, 0.3) is 11.1 Å². The molecule has 5 nitrogen and oxygen atoms in total. The van der Waals surface area contributed by atoms with E-state index in [4.69, 9.17) is 4.74 Å². The van der Waals surface area contributed by atoms with Crippen molar-refractivity contribution in [1.82, 2.24) is 5.32 Å². The van der Waals surface area contributed by atoms with Crippen molar-refractivity contribution in [1.29, 1.82) is 0 Å². The minimum atomic E-state index is -1.25. The maximum absolute atomic E-state index is 12.7. The molecule has 31 heavy (non-hydrogen) atoms. The van der Waals surface area contributed by atoms with Gasteiger partial charge in [0.2, 0.25) is 0 Å². The SMILES string of the molecule is CC(C)(C)C1CCC(NC(=O)OCC2c3ccccc3-c3ccccc32)(C(=O)O)CC1. The third-order valence-electron chi connectivity index (χ3n) is 7.16. The molecule has 1 fully saturated rings. The number of carbonyl (C=O) groups excluding carboxylic acids is 1. The Labute approximate surface area is 183 Å². The molecule has 0 unspecified atom stereocenters. The predicted octanol–water partition coefficient (Wildman–Crippen LogP) is 5.58. The summed E-state index contributed by atoms with van der Waals surface area (Å²) in [6, 6.07) is 16.3. The van der Waals surface area contributed by atoms with Crippen molar-refractivity contribution in [3.05, 3.63) is 59.7 Å². The van der Waals surface area contributed by atoms with Crippen molar-refractivity contribution in [2.75, 3.05) is 6.61 Å². The van der Waals surface area contributed by atoms with E-state index in [1.165, 1.54) is 0 Å². The van der Waals surface area contributed by atoms with Crippen LogP contribution < -0.4 is 5.32 Å². The zero-order chi connectivity index (χ0) is 22.2. The summed E-state index contributed by atoms with van der Waals surface area (Å²) in [5, 5.41) is 12.6. The van der Waals surface area contributed by atoms with Gasteiger partial charge in [0.25, 0.3) is 0 Å². The van der Waals surface area contributed by atoms with Crippen LogP contribution in [0.1, 0.15) is 63.5 Å². The quantitative estimate of drug-likeness (QED) is 0.675. The maximum atomic E-state index is 12.7. The van der Waals surface area contributed by atoms with Gasteiger partial charge in [-0.3, -0.25) is 0 Å². The van der Waals surface area contributed by atoms with Gasteiger partial charge in [0, 0.05) is 5.92 Å². The van der Waals surface area contributed by atoms with E-state index in [1.807, 2.05) is 24.3 Å². The molecule has 0 atom stereocenters. The van der Waals surface area contributed by atoms with Crippen molar-refractivity contribution in [2.24, 2.45) is 11.3 Å². The number of benzene rings is 2. The van der Waals surface area contributed by atoms with E-state index in [-0.39, 0.29) is 17.9 Å². The average Bonchev–Trinajstić information content (AvgIpc) is 3.06. The number of carboxylic acids is 1. The highest BCUT2D eigenvalue weighted by Crippen LogP contribution is 2.45. The summed E-state index contributed by atoms with van der Waals surface area (Å²) in [4.78, 5) is 24.8. The van der Waals surface area contributed by atoms with Crippen LogP contribution in [0.5, 0.6) is 0 Å². The van der Waals surface area contributed by atoms with E-state index in [0.29, 0.717) is 18.8 Å². The Balaban J connectivity index is 1.44. The first-order valence-electron chi connectivity index (χ1n) is 11.1. The lowest BCUT2D eigenvalue weighted by molar-refractivity contribution is -0.147. The number of amides is 1. The summed E-state index contributed by atoms with van der Waals surface area (Å²) in [6.07, 6.45) is 1.75. The number of carbonyl (C=O) groups is 2. The van der Waals surface area contributed by atoms with Gasteiger partial charge < -0.3 is 15.2 Å². The van der Waals surface area contributed by atoms with E-state index in [0.717, 1.165) is 35.1 Å². The Kier molecular flexibility index (Phi) is 5.54. The van der Waals surface area contributed by atoms with Crippen LogP contribution in [-0.2, 0) is 9.53 Å². The molecule has 0 aromatic heterocycles. The summed E-state index contributed by atoms with van der Waals surface area (Å²) < 4.78 is 5.60. The van der Waals surface area contributed by atoms with Gasteiger partial charge in [0.15, 0.2) is 0 Å². The number of aliphatic carboxylic acids is 1. The van der Waals surface area contributed by atoms with E-state index in [2.05, 4.69) is 50.4 Å². The molecule has 0 heterocycles. The Morgan fingerprint density at radius 1 is 1.00 bits per heavy atom. The standard InChI is InChI=1S/C26H31NO4/c1-25(2,3)17-12-14-26(15-13-17,23(28)29)27-24(30)31-16-22-20-10-6-4-8-18(20)19-9-5-7-11-21(19)22/h4-11,17,22H,12-16H2,1-3H3,(H,27,30)(H,28,29). The molecule has 4 rings (SSSR count). The van der Waals surface area contributed by atoms with E-state index < -0.39 is 17.6 Å². The first-order chi connectivity index (χ1) is 14.7. The van der Waals surface area contributed by atoms with E-state index >= 15 is 0 Å². The zero-order valence-corrected chi connectivity index (χ0v) is 18.5. The maximum Gasteiger partial charge on any atom is 0.408 e. The molecule has 0 bridgehead atoms. The highest BCUT2D eigenvalue weighted by atomic mass is 16.5. The second-order valence-electron chi connectivity index (χ2n) is 9.98. The van der Waals surface area contributed by atoms with Gasteiger partial charge in [0.05, 0.1) is 0 Å². The molecular formula is C26H31NO4. The van der Waals surface area contributed by atoms with Crippen LogP contribution in [0.15, 0.2) is 48.5 Å². The number of fused-ring (bicyclic) bond motifs is 3. The molecule has 0 spiro atoms. The Hall–Kier alpha value is -2.82. The smallest absolute Gasteiger partial charge is 0.408 e. The first-order valence-corrected chi connectivity index (χ1v) is 11.1. The fourth-order valence-electron chi connectivity index (χ4n) is 5.20. The molecule has 0 radical (unpaired) electrons. The Morgan fingerprint density at radius 2 is 1.52 bits per heavy atom. The number of carboxylic acid groups (broad SMARTS) is 1. The molecule has 1 saturated carbocycles. The monoisotopic (exact) mass is 421 g/mol. The number of hydrogen-bond donors (Lipinski definition) is 2. The second-order valence-corrected chi connectivity index (χ2v) is 9.98. The molecular weight excluding hydrogens is 390 g/mol. The summed E-state index contributed by atoms with van der Waals surface area (Å²) in [7, 11) is 0. The predicted molar refractivity (Wildman–Crippen MR) is 120 cm³/mol. The van der Waals surface area contributed by atoms with Gasteiger partial charge in [-0.25, -0.2) is 9.59 Å². The molecule has 2 aromatic rings. The Morgan fingerprint density at radius 3 is 2.00 bits per heavy atom. The van der Waals surface area contributed by atoms with Gasteiger partial charge in [-0.2, -0.15) is 0 Å². The second kappa shape index (κ2) is 8.03. The van der Waals surface area contributed by atoms with Gasteiger partial charge in [-0.05, 0) is 59.3 Å². The van der Waals surface area contributed by atoms with Crippen molar-refractivity contribution in [2.45, 2.75) is 57.9 Å². The molecule has 5 heteroatoms. The lowest BCUT2D eigenvalue weighted by Gasteiger charge is -2.41. The number of rotatable bonds is 4. The Bertz CT molecular complexity index is 937. The summed E-state index contributed by atoms with van der Waals surface area (Å²) in [5.41, 5.74) is 3.48. The molecule has 2 aliphatic carbocycles. The third kappa shape index (κ3) is 4.06. The molecule has 0 saturated heterocycles. The molecule has 2 aliphatic rings. The largest absolute Gasteiger partial charge is 0.480 e. The lowest BCUT2D eigenvalue weighted by atomic mass is 9.67. The highest BCUT2D eigenvalue weighted by Gasteiger charge is 2.45. The molecule has 1 amide bonds. The summed E-state index contributed by atoms with van der Waals surface area (Å²) >= 11 is 0. The van der Waals surface area contributed by atoms with Crippen LogP contribution in [0, 0.1) is 11.3 Å². The molecule has 0 aliphatic heterocycles. The van der Waals surface area contributed by atoms with Crippen LogP contribution in [0.2, 0.25) is 0 Å². The van der Waals surface area contributed by atoms with Crippen molar-refractivity contribution in [3.63, 3.8) is 0 Å². The minimum absolute atomic E-state index is 0.0458. The normalized spacial score (nSPS) is 23.0. The molecule has 164 valence electrons. The molecule has 2 N–H and O–H groups in total. The summed E-state index contributed by atoms with van der Waals surface area (Å²) in [5.74, 6) is -0.576. The van der Waals surface area contributed by atoms with E-state index in [9.17, 15) is 14.7 Å². The van der Waals surface area contributed by atoms with Crippen LogP contribution in [-0.4, -0.2) is 29.3 Å². The third-order valence-corrected chi connectivity index (χ3v) is 7.16. The van der Waals surface area contributed by atoms with Crippen molar-refractivity contribution >= 4 is 12.1 Å². The number of alkyl carbamates (subject to hydrolysis) is 1. The first kappa shape index (κ1) is 21.4. The van der Waals surface area contributed by atoms with Crippen molar-refractivity contribution < 1.29 is 19.4 Å². The van der Waals surface area contributed by atoms with Crippen molar-refractivity contribution in [3.8, 4) is 11.1 Å². The fourth-order valence-corrected chi connectivity index (χ4v) is 5.20. The van der Waals surface area contributed by atoms with Crippen LogP contribution in [0.3, 0.4) is 0 Å². The molecule has 2 aromatic carbocycles. The van der Waals surface area contributed by atoms with Crippen LogP contribution in [0.4, 0.5) is 4.79 Å². The van der Waals surface area contributed by atoms with Gasteiger partial charge in [-0.1, -0.05) is 69.3 Å². The van der Waals surface area contributed by atoms with Gasteiger partial charge >= 0.3 is 12.1 Å². The van der Waals surface area contributed by atoms with Crippen LogP contribution >= 0.6 is 0 Å². The highest BCUT2D eigenvalue weighted by molar-refractivity contribution is 5.84. The number of nitrogens with one attached hydrogen (secondary N) is 1. The lowest BCUT2D eigenvalue weighted by Crippen LogP contribution is -2.57. The number of hydrogen-bond acceptors (Lipinski definition) is 3. The fraction of sp³-hybridized carbons (Fsp3) is 0.462. The minimum Gasteiger partial charge on any atom is -0.480 e. The summed E-state index contributed by atoms with van der Waals surface area (Å²) in [6.45, 7) is 6.74. The van der Waals surface area contributed by atoms with Gasteiger partial charge in [0.1, 0.15) is 12.1 Å². The topological polar surface area (TPSA) is 75.6 Å². The van der Waals surface area contributed by atoms with Gasteiger partial charge in [-0.15, -0.1) is 0 Å². The zero-order valence-electron chi connectivity index (χ0n) is 18.5.